The molecule has 0 saturated carbocycles. The number of nitrogens with one attached hydrogen (secondary N) is 1. The van der Waals surface area contributed by atoms with Gasteiger partial charge >= 0.3 is 0 Å². The van der Waals surface area contributed by atoms with Gasteiger partial charge in [-0.1, -0.05) is 0 Å². The number of aromatic amines is 1. The second kappa shape index (κ2) is 5.82. The van der Waals surface area contributed by atoms with E-state index in [9.17, 15) is 9.59 Å². The van der Waals surface area contributed by atoms with E-state index < -0.39 is 0 Å². The summed E-state index contributed by atoms with van der Waals surface area (Å²) in [5, 5.41) is 4.31. The first-order chi connectivity index (χ1) is 12.0. The molecule has 1 fully saturated rings. The summed E-state index contributed by atoms with van der Waals surface area (Å²) >= 11 is 0. The highest BCUT2D eigenvalue weighted by Crippen LogP contribution is 2.34. The van der Waals surface area contributed by atoms with E-state index in [0.29, 0.717) is 24.2 Å². The van der Waals surface area contributed by atoms with Crippen LogP contribution in [0.15, 0.2) is 11.0 Å². The number of carbonyl (C=O) groups is 1. The summed E-state index contributed by atoms with van der Waals surface area (Å²) in [4.78, 5) is 34.9. The lowest BCUT2D eigenvalue weighted by atomic mass is 9.98. The molecule has 4 rings (SSSR count). The Morgan fingerprint density at radius 2 is 2.00 bits per heavy atom. The normalized spacial score (nSPS) is 22.0. The Bertz CT molecular complexity index is 897. The van der Waals surface area contributed by atoms with Crippen LogP contribution in [-0.4, -0.2) is 42.6 Å². The molecule has 7 heteroatoms. The minimum absolute atomic E-state index is 0.0330. The predicted octanol–water partition coefficient (Wildman–Crippen LogP) is 1.38. The number of aromatic nitrogens is 4. The van der Waals surface area contributed by atoms with Crippen LogP contribution in [0, 0.1) is 13.8 Å². The number of amides is 1. The molecular formula is C18H23N5O2. The van der Waals surface area contributed by atoms with E-state index in [-0.39, 0.29) is 23.6 Å². The average Bonchev–Trinajstić information content (AvgIpc) is 3.07. The molecule has 0 aliphatic carbocycles. The molecule has 2 aromatic heterocycles. The van der Waals surface area contributed by atoms with Crippen molar-refractivity contribution in [3.05, 3.63) is 44.9 Å². The van der Waals surface area contributed by atoms with Gasteiger partial charge in [0.15, 0.2) is 0 Å². The number of hydrogen-bond acceptors (Lipinski definition) is 4. The van der Waals surface area contributed by atoms with Crippen molar-refractivity contribution in [2.75, 3.05) is 0 Å². The molecule has 2 aromatic rings. The van der Waals surface area contributed by atoms with Crippen LogP contribution in [0.25, 0.3) is 0 Å². The fourth-order valence-electron chi connectivity index (χ4n) is 4.31. The van der Waals surface area contributed by atoms with E-state index >= 15 is 0 Å². The monoisotopic (exact) mass is 341 g/mol. The second-order valence-electron chi connectivity index (χ2n) is 7.04. The highest BCUT2D eigenvalue weighted by Gasteiger charge is 2.41. The minimum atomic E-state index is -0.0579. The Morgan fingerprint density at radius 1 is 1.28 bits per heavy atom. The molecule has 7 nitrogen and oxygen atoms in total. The third-order valence-corrected chi connectivity index (χ3v) is 5.58. The first-order valence-corrected chi connectivity index (χ1v) is 8.93. The summed E-state index contributed by atoms with van der Waals surface area (Å²) in [5.74, 6) is 0.671. The summed E-state index contributed by atoms with van der Waals surface area (Å²) in [5.41, 5.74) is 3.12. The fourth-order valence-corrected chi connectivity index (χ4v) is 4.31. The van der Waals surface area contributed by atoms with E-state index in [1.165, 1.54) is 0 Å². The molecule has 2 bridgehead atoms. The number of nitrogens with zero attached hydrogens (tertiary/aromatic N) is 4. The van der Waals surface area contributed by atoms with E-state index in [2.05, 4.69) is 15.1 Å². The largest absolute Gasteiger partial charge is 0.332 e. The van der Waals surface area contributed by atoms with Gasteiger partial charge in [0.25, 0.3) is 11.5 Å². The maximum Gasteiger partial charge on any atom is 0.257 e. The minimum Gasteiger partial charge on any atom is -0.332 e. The van der Waals surface area contributed by atoms with Gasteiger partial charge in [-0.25, -0.2) is 4.98 Å². The summed E-state index contributed by atoms with van der Waals surface area (Å²) in [6.07, 6.45) is 4.81. The number of hydrogen-bond donors (Lipinski definition) is 1. The summed E-state index contributed by atoms with van der Waals surface area (Å²) in [7, 11) is 0. The van der Waals surface area contributed by atoms with Gasteiger partial charge in [-0.3, -0.25) is 14.3 Å². The lowest BCUT2D eigenvalue weighted by Gasteiger charge is -2.28. The molecule has 1 N–H and O–H groups in total. The van der Waals surface area contributed by atoms with Gasteiger partial charge < -0.3 is 9.88 Å². The quantitative estimate of drug-likeness (QED) is 0.894. The van der Waals surface area contributed by atoms with Crippen LogP contribution in [0.2, 0.25) is 0 Å². The molecule has 0 unspecified atom stereocenters. The van der Waals surface area contributed by atoms with E-state index in [1.54, 1.807) is 13.1 Å². The lowest BCUT2D eigenvalue weighted by molar-refractivity contribution is 0.0672. The van der Waals surface area contributed by atoms with Gasteiger partial charge in [0.2, 0.25) is 0 Å². The zero-order chi connectivity index (χ0) is 17.7. The summed E-state index contributed by atoms with van der Waals surface area (Å²) in [6.45, 7) is 6.50. The molecule has 0 radical (unpaired) electrons. The number of H-pyrrole nitrogens is 1. The van der Waals surface area contributed by atoms with Crippen molar-refractivity contribution in [2.24, 2.45) is 0 Å². The Hall–Kier alpha value is -2.44. The van der Waals surface area contributed by atoms with Crippen LogP contribution in [-0.2, 0) is 19.4 Å². The van der Waals surface area contributed by atoms with Gasteiger partial charge in [-0.05, 0) is 33.6 Å². The van der Waals surface area contributed by atoms with Gasteiger partial charge in [0, 0.05) is 42.7 Å². The van der Waals surface area contributed by atoms with Crippen LogP contribution >= 0.6 is 0 Å². The van der Waals surface area contributed by atoms with Crippen molar-refractivity contribution >= 4 is 5.91 Å². The van der Waals surface area contributed by atoms with Gasteiger partial charge in [-0.15, -0.1) is 0 Å². The zero-order valence-electron chi connectivity index (χ0n) is 14.9. The van der Waals surface area contributed by atoms with Crippen molar-refractivity contribution in [1.29, 1.82) is 0 Å². The van der Waals surface area contributed by atoms with Crippen LogP contribution in [0.3, 0.4) is 0 Å². The van der Waals surface area contributed by atoms with Crippen molar-refractivity contribution < 1.29 is 4.79 Å². The molecule has 0 spiro atoms. The Morgan fingerprint density at radius 3 is 2.68 bits per heavy atom. The third-order valence-electron chi connectivity index (χ3n) is 5.58. The Balaban J connectivity index is 1.71. The predicted molar refractivity (Wildman–Crippen MR) is 92.6 cm³/mol. The average molecular weight is 341 g/mol. The first-order valence-electron chi connectivity index (χ1n) is 8.93. The highest BCUT2D eigenvalue weighted by atomic mass is 16.2. The second-order valence-corrected chi connectivity index (χ2v) is 7.04. The molecule has 25 heavy (non-hydrogen) atoms. The van der Waals surface area contributed by atoms with Crippen LogP contribution < -0.4 is 5.56 Å². The maximum atomic E-state index is 13.2. The molecule has 4 heterocycles. The van der Waals surface area contributed by atoms with Crippen LogP contribution in [0.5, 0.6) is 0 Å². The molecule has 1 saturated heterocycles. The molecule has 2 aliphatic rings. The Kier molecular flexibility index (Phi) is 3.74. The van der Waals surface area contributed by atoms with E-state index in [1.807, 2.05) is 23.4 Å². The lowest BCUT2D eigenvalue weighted by Crippen LogP contribution is -2.42. The smallest absolute Gasteiger partial charge is 0.257 e. The van der Waals surface area contributed by atoms with Crippen molar-refractivity contribution in [3.63, 3.8) is 0 Å². The van der Waals surface area contributed by atoms with Gasteiger partial charge in [0.1, 0.15) is 5.82 Å². The standard InChI is InChI=1S/C18H23N5O2/c1-4-22-10(2)15(9-19-22)18(25)23-12-5-6-13(23)8-16-14(7-12)17(24)21-11(3)20-16/h9,12-13H,4-8H2,1-3H3,(H,20,21,24)/t12-,13+/m1/s1. The van der Waals surface area contributed by atoms with Crippen LogP contribution in [0.1, 0.15) is 52.9 Å². The molecule has 132 valence electrons. The van der Waals surface area contributed by atoms with E-state index in [0.717, 1.165) is 36.3 Å². The molecule has 2 aliphatic heterocycles. The molecule has 0 aromatic carbocycles. The molecular weight excluding hydrogens is 318 g/mol. The molecule has 2 atom stereocenters. The maximum absolute atomic E-state index is 13.2. The van der Waals surface area contributed by atoms with Crippen LogP contribution in [0.4, 0.5) is 0 Å². The van der Waals surface area contributed by atoms with Crippen molar-refractivity contribution in [2.45, 2.75) is 65.1 Å². The number of carbonyl (C=O) groups excluding carboxylic acids is 1. The number of aryl methyl sites for hydroxylation is 2. The topological polar surface area (TPSA) is 83.9 Å². The van der Waals surface area contributed by atoms with Gasteiger partial charge in [0.05, 0.1) is 17.5 Å². The SMILES string of the molecule is CCn1ncc(C(=O)N2[C@@H]3CC[C@H]2Cc2nc(C)[nH]c(=O)c2C3)c1C. The highest BCUT2D eigenvalue weighted by molar-refractivity contribution is 5.95. The fraction of sp³-hybridized carbons (Fsp3) is 0.556. The summed E-state index contributed by atoms with van der Waals surface area (Å²) in [6, 6.07) is 0.172. The zero-order valence-corrected chi connectivity index (χ0v) is 14.9. The Labute approximate surface area is 146 Å². The third kappa shape index (κ3) is 2.49. The van der Waals surface area contributed by atoms with Crippen molar-refractivity contribution in [3.8, 4) is 0 Å². The number of fused-ring (bicyclic) bond motifs is 3. The first kappa shape index (κ1) is 16.1. The van der Waals surface area contributed by atoms with E-state index in [4.69, 9.17) is 0 Å². The van der Waals surface area contributed by atoms with Crippen molar-refractivity contribution in [1.82, 2.24) is 24.6 Å². The molecule has 1 amide bonds. The summed E-state index contributed by atoms with van der Waals surface area (Å²) < 4.78 is 1.84. The van der Waals surface area contributed by atoms with Gasteiger partial charge in [-0.2, -0.15) is 5.10 Å². The number of rotatable bonds is 2.